The smallest absolute Gasteiger partial charge is 0.390 e. The number of nitrogen functional groups attached to an aromatic ring is 1. The largest absolute Gasteiger partial charge is 0.705 e. The number of nitrogens with two attached hydrogens (primary N) is 1. The van der Waals surface area contributed by atoms with Crippen LogP contribution in [0.1, 0.15) is 13.2 Å². The van der Waals surface area contributed by atoms with Crippen molar-refractivity contribution < 1.29 is 37.6 Å². The van der Waals surface area contributed by atoms with Gasteiger partial charge in [-0.1, -0.05) is 6.92 Å². The number of hydrogen-bond donors (Lipinski definition) is 4. The highest BCUT2D eigenvalue weighted by Crippen LogP contribution is 2.51. The fourth-order valence-electron chi connectivity index (χ4n) is 2.25. The van der Waals surface area contributed by atoms with Crippen molar-refractivity contribution in [3.8, 4) is 0 Å². The van der Waals surface area contributed by atoms with E-state index in [1.165, 1.54) is 12.3 Å². The molecule has 2 rings (SSSR count). The average molecular weight is 384 g/mol. The van der Waals surface area contributed by atoms with Crippen LogP contribution in [-0.2, 0) is 22.7 Å². The Morgan fingerprint density at radius 2 is 2.25 bits per heavy atom. The van der Waals surface area contributed by atoms with E-state index in [9.17, 15) is 23.9 Å². The van der Waals surface area contributed by atoms with E-state index in [1.54, 1.807) is 6.92 Å². The van der Waals surface area contributed by atoms with Crippen LogP contribution in [0, 0.1) is 5.92 Å². The Morgan fingerprint density at radius 1 is 1.58 bits per heavy atom. The lowest BCUT2D eigenvalue weighted by Gasteiger charge is -2.17. The van der Waals surface area contributed by atoms with Crippen molar-refractivity contribution in [3.05, 3.63) is 22.7 Å². The molecule has 0 spiro atoms. The zero-order valence-electron chi connectivity index (χ0n) is 12.3. The molecule has 24 heavy (non-hydrogen) atoms. The third-order valence-corrected chi connectivity index (χ3v) is 5.24. The summed E-state index contributed by atoms with van der Waals surface area (Å²) < 4.78 is 36.7. The van der Waals surface area contributed by atoms with Crippen LogP contribution in [0.3, 0.4) is 0 Å². The molecule has 1 saturated heterocycles. The summed E-state index contributed by atoms with van der Waals surface area (Å²) in [4.78, 5) is 33.0. The van der Waals surface area contributed by atoms with E-state index in [1.807, 2.05) is 0 Å². The topological polar surface area (TPSA) is 183 Å². The van der Waals surface area contributed by atoms with Gasteiger partial charge in [0, 0.05) is 16.7 Å². The maximum Gasteiger partial charge on any atom is 0.705 e. The monoisotopic (exact) mass is 384 g/mol. The molecule has 2 heterocycles. The number of aliphatic hydroxyl groups excluding tert-OH is 1. The molecular formula is C10H16N3O9P2+. The number of phosphoric ester groups is 1. The van der Waals surface area contributed by atoms with Crippen LogP contribution in [0.4, 0.5) is 5.82 Å². The normalized spacial score (nSPS) is 30.1. The van der Waals surface area contributed by atoms with Crippen molar-refractivity contribution in [1.82, 2.24) is 9.55 Å². The predicted molar refractivity (Wildman–Crippen MR) is 78.7 cm³/mol. The summed E-state index contributed by atoms with van der Waals surface area (Å²) in [6.07, 6.45) is -1.77. The van der Waals surface area contributed by atoms with Crippen LogP contribution < -0.4 is 11.4 Å². The van der Waals surface area contributed by atoms with Crippen LogP contribution >= 0.6 is 16.1 Å². The Hall–Kier alpha value is -1.23. The Labute approximate surface area is 136 Å². The summed E-state index contributed by atoms with van der Waals surface area (Å²) in [5, 5.41) is 10.1. The van der Waals surface area contributed by atoms with E-state index >= 15 is 0 Å². The second-order valence-electron chi connectivity index (χ2n) is 5.04. The number of aromatic nitrogens is 2. The molecule has 0 aliphatic carbocycles. The number of ether oxygens (including phenoxy) is 1. The first-order chi connectivity index (χ1) is 11.1. The van der Waals surface area contributed by atoms with E-state index in [0.717, 1.165) is 4.57 Å². The summed E-state index contributed by atoms with van der Waals surface area (Å²) in [5.74, 6) is -0.547. The Balaban J connectivity index is 2.08. The van der Waals surface area contributed by atoms with Crippen molar-refractivity contribution in [3.63, 3.8) is 0 Å². The van der Waals surface area contributed by atoms with Crippen molar-refractivity contribution >= 4 is 21.9 Å². The lowest BCUT2D eigenvalue weighted by molar-refractivity contribution is -0.0464. The van der Waals surface area contributed by atoms with Crippen LogP contribution in [-0.4, -0.2) is 43.3 Å². The highest BCUT2D eigenvalue weighted by molar-refractivity contribution is 7.55. The molecular weight excluding hydrogens is 368 g/mol. The highest BCUT2D eigenvalue weighted by Gasteiger charge is 2.44. The SMILES string of the molecule is CC1C(O)C(COP(=O)(O)O[P+](=O)O)OC1n1ccc(N)nc1=O. The third-order valence-electron chi connectivity index (χ3n) is 3.38. The number of aliphatic hydroxyl groups is 1. The van der Waals surface area contributed by atoms with Gasteiger partial charge in [0.1, 0.15) is 18.1 Å². The Bertz CT molecular complexity index is 726. The number of phosphoric acid groups is 1. The Morgan fingerprint density at radius 3 is 2.83 bits per heavy atom. The van der Waals surface area contributed by atoms with Gasteiger partial charge in [-0.05, 0) is 10.4 Å². The van der Waals surface area contributed by atoms with E-state index in [0.29, 0.717) is 0 Å². The zero-order chi connectivity index (χ0) is 18.1. The van der Waals surface area contributed by atoms with Crippen molar-refractivity contribution in [1.29, 1.82) is 0 Å². The van der Waals surface area contributed by atoms with E-state index in [-0.39, 0.29) is 5.82 Å². The summed E-state index contributed by atoms with van der Waals surface area (Å²) in [6, 6.07) is 1.38. The summed E-state index contributed by atoms with van der Waals surface area (Å²) in [7, 11) is -8.12. The summed E-state index contributed by atoms with van der Waals surface area (Å²) in [6.45, 7) is 0.994. The van der Waals surface area contributed by atoms with Crippen molar-refractivity contribution in [2.45, 2.75) is 25.4 Å². The minimum absolute atomic E-state index is 0.0267. The molecule has 0 radical (unpaired) electrons. The van der Waals surface area contributed by atoms with Gasteiger partial charge in [0.2, 0.25) is 0 Å². The second kappa shape index (κ2) is 7.34. The molecule has 12 nitrogen and oxygen atoms in total. The third kappa shape index (κ3) is 4.44. The van der Waals surface area contributed by atoms with Gasteiger partial charge in [0.25, 0.3) is 0 Å². The van der Waals surface area contributed by atoms with Gasteiger partial charge >= 0.3 is 21.8 Å². The number of rotatable bonds is 6. The molecule has 0 aromatic carbocycles. The van der Waals surface area contributed by atoms with E-state index in [2.05, 4.69) is 13.8 Å². The van der Waals surface area contributed by atoms with Crippen molar-refractivity contribution in [2.24, 2.45) is 5.92 Å². The zero-order valence-corrected chi connectivity index (χ0v) is 14.1. The number of hydrogen-bond acceptors (Lipinski definition) is 9. The number of nitrogens with zero attached hydrogens (tertiary/aromatic N) is 2. The molecule has 1 aromatic heterocycles. The molecule has 6 unspecified atom stereocenters. The van der Waals surface area contributed by atoms with Gasteiger partial charge in [-0.3, -0.25) is 14.0 Å². The molecule has 5 N–H and O–H groups in total. The molecule has 0 saturated carbocycles. The fraction of sp³-hybridized carbons (Fsp3) is 0.600. The number of anilines is 1. The lowest BCUT2D eigenvalue weighted by atomic mass is 10.0. The molecule has 1 fully saturated rings. The average Bonchev–Trinajstić information content (AvgIpc) is 2.72. The maximum atomic E-state index is 11.8. The second-order valence-corrected chi connectivity index (χ2v) is 7.37. The minimum Gasteiger partial charge on any atom is -0.390 e. The highest BCUT2D eigenvalue weighted by atomic mass is 31.2. The first kappa shape index (κ1) is 19.1. The molecule has 1 aliphatic rings. The minimum atomic E-state index is -4.78. The fourth-order valence-corrected chi connectivity index (χ4v) is 3.48. The molecule has 1 aromatic rings. The first-order valence-corrected chi connectivity index (χ1v) is 9.24. The van der Waals surface area contributed by atoms with Crippen LogP contribution in [0.5, 0.6) is 0 Å². The van der Waals surface area contributed by atoms with Crippen molar-refractivity contribution in [2.75, 3.05) is 12.3 Å². The van der Waals surface area contributed by atoms with Gasteiger partial charge in [0.15, 0.2) is 0 Å². The van der Waals surface area contributed by atoms with Crippen LogP contribution in [0.15, 0.2) is 17.1 Å². The molecule has 14 heteroatoms. The van der Waals surface area contributed by atoms with Gasteiger partial charge < -0.3 is 15.6 Å². The molecule has 1 aliphatic heterocycles. The van der Waals surface area contributed by atoms with Gasteiger partial charge in [-0.25, -0.2) is 9.36 Å². The quantitative estimate of drug-likeness (QED) is 0.464. The molecule has 0 amide bonds. The van der Waals surface area contributed by atoms with Crippen LogP contribution in [0.2, 0.25) is 0 Å². The molecule has 6 atom stereocenters. The van der Waals surface area contributed by atoms with Crippen LogP contribution in [0.25, 0.3) is 0 Å². The van der Waals surface area contributed by atoms with E-state index < -0.39 is 52.7 Å². The summed E-state index contributed by atoms with van der Waals surface area (Å²) in [5.41, 5.74) is 4.71. The standard InChI is InChI=1S/C10H15N3O9P2/c1-5-8(14)6(4-20-24(18,19)22-23(16)17)21-9(5)13-3-2-7(11)12-10(13)15/h2-3,5-6,8-9,14H,4H2,1H3,(H3-,11,12,15,16,17,18,19)/p+1. The summed E-state index contributed by atoms with van der Waals surface area (Å²) >= 11 is 0. The molecule has 0 bridgehead atoms. The van der Waals surface area contributed by atoms with E-state index in [4.69, 9.17) is 15.4 Å². The Kier molecular flexibility index (Phi) is 5.84. The van der Waals surface area contributed by atoms with Gasteiger partial charge in [0.05, 0.1) is 12.7 Å². The lowest BCUT2D eigenvalue weighted by Crippen LogP contribution is -2.31. The predicted octanol–water partition coefficient (Wildman–Crippen LogP) is -0.497. The molecule has 134 valence electrons. The first-order valence-electron chi connectivity index (χ1n) is 6.62. The van der Waals surface area contributed by atoms with Gasteiger partial charge in [-0.2, -0.15) is 4.98 Å². The van der Waals surface area contributed by atoms with Gasteiger partial charge in [-0.15, -0.1) is 4.89 Å². The maximum absolute atomic E-state index is 11.8.